The Morgan fingerprint density at radius 1 is 0.864 bits per heavy atom. The highest BCUT2D eigenvalue weighted by atomic mass is 19.1. The molecule has 3 atom stereocenters. The molecule has 3 amide bonds. The number of nitrogens with one attached hydrogen (secondary N) is 3. The van der Waals surface area contributed by atoms with Crippen molar-refractivity contribution in [1.82, 2.24) is 20.9 Å². The molecule has 0 bridgehead atoms. The first-order chi connectivity index (χ1) is 20.9. The van der Waals surface area contributed by atoms with E-state index in [4.69, 9.17) is 0 Å². The largest absolute Gasteiger partial charge is 0.390 e. The highest BCUT2D eigenvalue weighted by Gasteiger charge is 2.26. The molecule has 0 spiro atoms. The number of benzene rings is 2. The van der Waals surface area contributed by atoms with Crippen molar-refractivity contribution in [3.8, 4) is 0 Å². The minimum atomic E-state index is -1.21. The zero-order valence-electron chi connectivity index (χ0n) is 27.0. The summed E-state index contributed by atoms with van der Waals surface area (Å²) < 4.78 is 28.0. The molecule has 4 N–H and O–H groups in total. The molecule has 2 rings (SSSR count). The number of carbonyl (C=O) groups is 3. The van der Waals surface area contributed by atoms with Gasteiger partial charge in [-0.25, -0.2) is 8.78 Å². The SMILES string of the molecule is CCC[C@H](NC[C@@H](O)[C@H](Cc1cc(F)cc(F)c1)NC(=O)c1cc(C)cc(C(=O)N(CCC)CCC)c1)C(=O)NCC(C)C. The van der Waals surface area contributed by atoms with Gasteiger partial charge in [0.15, 0.2) is 0 Å². The van der Waals surface area contributed by atoms with Crippen molar-refractivity contribution in [3.05, 3.63) is 70.3 Å². The first-order valence-electron chi connectivity index (χ1n) is 15.7. The smallest absolute Gasteiger partial charge is 0.253 e. The van der Waals surface area contributed by atoms with Crippen LogP contribution in [0.15, 0.2) is 36.4 Å². The molecule has 2 aromatic rings. The summed E-state index contributed by atoms with van der Waals surface area (Å²) in [6.45, 7) is 13.4. The molecule has 0 aliphatic carbocycles. The van der Waals surface area contributed by atoms with Crippen LogP contribution in [0, 0.1) is 24.5 Å². The second-order valence-corrected chi connectivity index (χ2v) is 11.9. The lowest BCUT2D eigenvalue weighted by Crippen LogP contribution is -2.52. The number of nitrogens with zero attached hydrogens (tertiary/aromatic N) is 1. The maximum Gasteiger partial charge on any atom is 0.253 e. The Morgan fingerprint density at radius 3 is 2.05 bits per heavy atom. The highest BCUT2D eigenvalue weighted by molar-refractivity contribution is 6.00. The van der Waals surface area contributed by atoms with Crippen LogP contribution in [0.5, 0.6) is 0 Å². The Labute approximate surface area is 261 Å². The van der Waals surface area contributed by atoms with E-state index in [1.807, 2.05) is 34.6 Å². The van der Waals surface area contributed by atoms with E-state index in [1.54, 1.807) is 24.0 Å². The van der Waals surface area contributed by atoms with Gasteiger partial charge in [-0.2, -0.15) is 0 Å². The number of aliphatic hydroxyl groups is 1. The summed E-state index contributed by atoms with van der Waals surface area (Å²) in [5, 5.41) is 20.1. The summed E-state index contributed by atoms with van der Waals surface area (Å²) in [7, 11) is 0. The van der Waals surface area contributed by atoms with Crippen molar-refractivity contribution in [2.24, 2.45) is 5.92 Å². The monoisotopic (exact) mass is 616 g/mol. The lowest BCUT2D eigenvalue weighted by molar-refractivity contribution is -0.123. The van der Waals surface area contributed by atoms with Crippen LogP contribution in [0.4, 0.5) is 8.78 Å². The van der Waals surface area contributed by atoms with Crippen LogP contribution in [0.2, 0.25) is 0 Å². The van der Waals surface area contributed by atoms with Crippen molar-refractivity contribution >= 4 is 17.7 Å². The van der Waals surface area contributed by atoms with Gasteiger partial charge in [-0.15, -0.1) is 0 Å². The summed E-state index contributed by atoms with van der Waals surface area (Å²) in [6, 6.07) is 6.46. The Morgan fingerprint density at radius 2 is 1.48 bits per heavy atom. The Bertz CT molecular complexity index is 1210. The highest BCUT2D eigenvalue weighted by Crippen LogP contribution is 2.16. The first-order valence-corrected chi connectivity index (χ1v) is 15.7. The molecule has 0 aliphatic heterocycles. The van der Waals surface area contributed by atoms with E-state index in [0.717, 1.165) is 43.0 Å². The molecule has 0 radical (unpaired) electrons. The average molecular weight is 617 g/mol. The molecule has 244 valence electrons. The number of halogens is 2. The molecule has 2 aromatic carbocycles. The van der Waals surface area contributed by atoms with Crippen molar-refractivity contribution in [3.63, 3.8) is 0 Å². The molecule has 44 heavy (non-hydrogen) atoms. The minimum absolute atomic E-state index is 0.0525. The maximum absolute atomic E-state index is 14.0. The van der Waals surface area contributed by atoms with E-state index >= 15 is 0 Å². The lowest BCUT2D eigenvalue weighted by atomic mass is 9.99. The van der Waals surface area contributed by atoms with Crippen molar-refractivity contribution < 1.29 is 28.3 Å². The van der Waals surface area contributed by atoms with E-state index < -0.39 is 35.7 Å². The van der Waals surface area contributed by atoms with E-state index in [9.17, 15) is 28.3 Å². The summed E-state index contributed by atoms with van der Waals surface area (Å²) in [4.78, 5) is 41.3. The van der Waals surface area contributed by atoms with Gasteiger partial charge in [0.1, 0.15) is 11.6 Å². The molecule has 0 heterocycles. The molecule has 8 nitrogen and oxygen atoms in total. The number of rotatable bonds is 18. The first kappa shape index (κ1) is 36.8. The predicted molar refractivity (Wildman–Crippen MR) is 170 cm³/mol. The molecular weight excluding hydrogens is 566 g/mol. The van der Waals surface area contributed by atoms with Crippen LogP contribution in [-0.2, 0) is 11.2 Å². The van der Waals surface area contributed by atoms with Gasteiger partial charge in [0.2, 0.25) is 5.91 Å². The molecule has 0 saturated heterocycles. The third-order valence-electron chi connectivity index (χ3n) is 7.17. The lowest BCUT2D eigenvalue weighted by Gasteiger charge is -2.27. The minimum Gasteiger partial charge on any atom is -0.390 e. The quantitative estimate of drug-likeness (QED) is 0.193. The number of amides is 3. The van der Waals surface area contributed by atoms with Gasteiger partial charge in [0.25, 0.3) is 11.8 Å². The van der Waals surface area contributed by atoms with E-state index in [1.165, 1.54) is 6.07 Å². The Balaban J connectivity index is 2.32. The van der Waals surface area contributed by atoms with Gasteiger partial charge in [-0.3, -0.25) is 14.4 Å². The predicted octanol–water partition coefficient (Wildman–Crippen LogP) is 4.77. The second kappa shape index (κ2) is 18.4. The van der Waals surface area contributed by atoms with Crippen LogP contribution in [-0.4, -0.2) is 72.1 Å². The molecule has 0 saturated carbocycles. The van der Waals surface area contributed by atoms with Crippen molar-refractivity contribution in [2.75, 3.05) is 26.2 Å². The van der Waals surface area contributed by atoms with Crippen LogP contribution in [0.1, 0.15) is 92.1 Å². The fourth-order valence-corrected chi connectivity index (χ4v) is 5.04. The van der Waals surface area contributed by atoms with Gasteiger partial charge >= 0.3 is 0 Å². The van der Waals surface area contributed by atoms with Gasteiger partial charge < -0.3 is 26.0 Å². The van der Waals surface area contributed by atoms with Crippen LogP contribution in [0.3, 0.4) is 0 Å². The second-order valence-electron chi connectivity index (χ2n) is 11.9. The third kappa shape index (κ3) is 12.0. The van der Waals surface area contributed by atoms with Gasteiger partial charge in [-0.05, 0) is 80.0 Å². The zero-order chi connectivity index (χ0) is 32.8. The van der Waals surface area contributed by atoms with E-state index in [0.29, 0.717) is 31.6 Å². The van der Waals surface area contributed by atoms with Gasteiger partial charge in [-0.1, -0.05) is 41.0 Å². The number of hydrogen-bond acceptors (Lipinski definition) is 5. The molecule has 0 aliphatic rings. The van der Waals surface area contributed by atoms with Crippen LogP contribution in [0.25, 0.3) is 0 Å². The summed E-state index contributed by atoms with van der Waals surface area (Å²) in [6.07, 6.45) is 1.59. The fourth-order valence-electron chi connectivity index (χ4n) is 5.04. The standard InChI is InChI=1S/C34H50F2N4O4/c1-7-10-29(33(43)38-20-22(4)5)37-21-31(41)30(17-24-15-27(35)19-28(36)16-24)39-32(42)25-13-23(6)14-26(18-25)34(44)40(11-8-2)12-9-3/h13-16,18-19,22,29-31,37,41H,7-12,17,20-21H2,1-6H3,(H,38,43)(H,39,42)/t29-,30-,31+/m0/s1. The fraction of sp³-hybridized carbons (Fsp3) is 0.559. The van der Waals surface area contributed by atoms with Crippen molar-refractivity contribution in [1.29, 1.82) is 0 Å². The van der Waals surface area contributed by atoms with E-state index in [-0.39, 0.29) is 41.8 Å². The van der Waals surface area contributed by atoms with Crippen molar-refractivity contribution in [2.45, 2.75) is 91.8 Å². The normalized spacial score (nSPS) is 13.3. The Hall–Kier alpha value is -3.37. The molecule has 0 aromatic heterocycles. The van der Waals surface area contributed by atoms with Crippen LogP contribution >= 0.6 is 0 Å². The summed E-state index contributed by atoms with van der Waals surface area (Å²) >= 11 is 0. The van der Waals surface area contributed by atoms with Crippen LogP contribution < -0.4 is 16.0 Å². The van der Waals surface area contributed by atoms with E-state index in [2.05, 4.69) is 16.0 Å². The molecular formula is C34H50F2N4O4. The molecule has 10 heteroatoms. The molecule has 0 unspecified atom stereocenters. The third-order valence-corrected chi connectivity index (χ3v) is 7.17. The number of aliphatic hydroxyl groups excluding tert-OH is 1. The van der Waals surface area contributed by atoms with Gasteiger partial charge in [0, 0.05) is 43.4 Å². The summed E-state index contributed by atoms with van der Waals surface area (Å²) in [5.41, 5.74) is 1.59. The molecule has 0 fully saturated rings. The number of carbonyl (C=O) groups excluding carboxylic acids is 3. The average Bonchev–Trinajstić information content (AvgIpc) is 2.96. The maximum atomic E-state index is 14.0. The van der Waals surface area contributed by atoms with Gasteiger partial charge in [0.05, 0.1) is 18.2 Å². The number of aryl methyl sites for hydroxylation is 1. The zero-order valence-corrected chi connectivity index (χ0v) is 27.0. The topological polar surface area (TPSA) is 111 Å². The number of hydrogen-bond donors (Lipinski definition) is 4. The Kier molecular flexibility index (Phi) is 15.4. The summed E-state index contributed by atoms with van der Waals surface area (Å²) in [5.74, 6) is -2.16.